The lowest BCUT2D eigenvalue weighted by Crippen LogP contribution is -2.52. The first kappa shape index (κ1) is 19.9. The first-order valence-electron chi connectivity index (χ1n) is 9.36. The number of benzene rings is 1. The van der Waals surface area contributed by atoms with Crippen LogP contribution in [0.2, 0.25) is 0 Å². The van der Waals surface area contributed by atoms with Gasteiger partial charge in [0.15, 0.2) is 14.2 Å². The van der Waals surface area contributed by atoms with Gasteiger partial charge in [-0.05, 0) is 6.42 Å². The van der Waals surface area contributed by atoms with Gasteiger partial charge in [-0.3, -0.25) is 9.69 Å². The fourth-order valence-corrected chi connectivity index (χ4v) is 7.18. The van der Waals surface area contributed by atoms with Crippen molar-refractivity contribution in [3.8, 4) is 11.3 Å². The quantitative estimate of drug-likeness (QED) is 0.668. The van der Waals surface area contributed by atoms with Crippen molar-refractivity contribution in [3.05, 3.63) is 35.7 Å². The summed E-state index contributed by atoms with van der Waals surface area (Å²) in [4.78, 5) is 21.3. The molecule has 1 atom stereocenters. The number of carbonyl (C=O) groups excluding carboxylic acids is 1. The number of piperazine rings is 1. The lowest BCUT2D eigenvalue weighted by Gasteiger charge is -2.37. The lowest BCUT2D eigenvalue weighted by atomic mass is 10.2. The van der Waals surface area contributed by atoms with Crippen molar-refractivity contribution >= 4 is 38.8 Å². The second-order valence-electron chi connectivity index (χ2n) is 7.13. The summed E-state index contributed by atoms with van der Waals surface area (Å²) in [6.07, 6.45) is 0.722. The number of hydrogen-bond donors (Lipinski definition) is 0. The van der Waals surface area contributed by atoms with E-state index in [9.17, 15) is 13.2 Å². The molecular weight excluding hydrogens is 414 g/mol. The first-order chi connectivity index (χ1) is 13.5. The molecule has 2 saturated heterocycles. The van der Waals surface area contributed by atoms with Crippen molar-refractivity contribution in [2.75, 3.05) is 43.4 Å². The molecule has 1 aromatic carbocycles. The maximum Gasteiger partial charge on any atom is 0.233 e. The Morgan fingerprint density at radius 1 is 1.18 bits per heavy atom. The molecule has 1 unspecified atom stereocenters. The van der Waals surface area contributed by atoms with Gasteiger partial charge in [-0.1, -0.05) is 42.1 Å². The van der Waals surface area contributed by atoms with E-state index in [2.05, 4.69) is 9.88 Å². The van der Waals surface area contributed by atoms with Gasteiger partial charge in [0.1, 0.15) is 0 Å². The predicted octanol–water partition coefficient (Wildman–Crippen LogP) is 2.23. The Morgan fingerprint density at radius 2 is 1.93 bits per heavy atom. The van der Waals surface area contributed by atoms with Crippen molar-refractivity contribution in [1.82, 2.24) is 14.8 Å². The number of rotatable bonds is 5. The van der Waals surface area contributed by atoms with Crippen LogP contribution in [0, 0.1) is 0 Å². The molecule has 0 aliphatic carbocycles. The zero-order valence-electron chi connectivity index (χ0n) is 15.5. The van der Waals surface area contributed by atoms with Crippen LogP contribution in [0.1, 0.15) is 6.42 Å². The second kappa shape index (κ2) is 8.52. The minimum Gasteiger partial charge on any atom is -0.339 e. The van der Waals surface area contributed by atoms with Gasteiger partial charge in [0.05, 0.1) is 23.0 Å². The monoisotopic (exact) mass is 437 g/mol. The Bertz CT molecular complexity index is 922. The average Bonchev–Trinajstić information content (AvgIpc) is 3.33. The molecule has 1 aromatic heterocycles. The minimum atomic E-state index is -2.86. The predicted molar refractivity (Wildman–Crippen MR) is 113 cm³/mol. The third kappa shape index (κ3) is 4.76. The number of amides is 1. The van der Waals surface area contributed by atoms with E-state index in [0.717, 1.165) is 35.1 Å². The molecule has 2 fully saturated rings. The summed E-state index contributed by atoms with van der Waals surface area (Å²) >= 11 is 3.05. The Balaban J connectivity index is 1.25. The van der Waals surface area contributed by atoms with Crippen molar-refractivity contribution in [2.24, 2.45) is 0 Å². The fraction of sp³-hybridized carbons (Fsp3) is 0.474. The molecule has 0 saturated carbocycles. The summed E-state index contributed by atoms with van der Waals surface area (Å²) in [6, 6.07) is 10.2. The number of aromatic nitrogens is 1. The summed E-state index contributed by atoms with van der Waals surface area (Å²) in [6.45, 7) is 2.85. The van der Waals surface area contributed by atoms with E-state index in [1.807, 2.05) is 40.6 Å². The Labute approximate surface area is 173 Å². The van der Waals surface area contributed by atoms with Gasteiger partial charge in [0.2, 0.25) is 5.91 Å². The zero-order valence-corrected chi connectivity index (χ0v) is 17.9. The van der Waals surface area contributed by atoms with Gasteiger partial charge >= 0.3 is 0 Å². The van der Waals surface area contributed by atoms with Crippen LogP contribution in [0.5, 0.6) is 0 Å². The number of hydrogen-bond acceptors (Lipinski definition) is 7. The minimum absolute atomic E-state index is 0.125. The number of thiazole rings is 1. The van der Waals surface area contributed by atoms with E-state index in [-0.39, 0.29) is 17.7 Å². The van der Waals surface area contributed by atoms with Crippen LogP contribution in [0.15, 0.2) is 40.1 Å². The van der Waals surface area contributed by atoms with Crippen LogP contribution >= 0.6 is 23.1 Å². The molecule has 0 radical (unpaired) electrons. The topological polar surface area (TPSA) is 70.6 Å². The molecule has 2 aliphatic heterocycles. The van der Waals surface area contributed by atoms with Crippen LogP contribution in [-0.2, 0) is 14.6 Å². The largest absolute Gasteiger partial charge is 0.339 e. The van der Waals surface area contributed by atoms with Gasteiger partial charge in [0.25, 0.3) is 0 Å². The van der Waals surface area contributed by atoms with Gasteiger partial charge in [0, 0.05) is 43.2 Å². The van der Waals surface area contributed by atoms with Crippen molar-refractivity contribution in [3.63, 3.8) is 0 Å². The van der Waals surface area contributed by atoms with Gasteiger partial charge in [-0.15, -0.1) is 11.3 Å². The van der Waals surface area contributed by atoms with Crippen LogP contribution < -0.4 is 0 Å². The highest BCUT2D eigenvalue weighted by atomic mass is 32.2. The van der Waals surface area contributed by atoms with Crippen molar-refractivity contribution in [2.45, 2.75) is 16.8 Å². The Hall–Kier alpha value is -1.42. The molecule has 28 heavy (non-hydrogen) atoms. The maximum atomic E-state index is 12.5. The highest BCUT2D eigenvalue weighted by Gasteiger charge is 2.34. The molecule has 2 aromatic rings. The molecule has 0 bridgehead atoms. The van der Waals surface area contributed by atoms with E-state index in [1.165, 1.54) is 11.8 Å². The maximum absolute atomic E-state index is 12.5. The molecule has 1 amide bonds. The number of nitrogens with zero attached hydrogens (tertiary/aromatic N) is 3. The molecule has 4 rings (SSSR count). The van der Waals surface area contributed by atoms with Gasteiger partial charge < -0.3 is 4.90 Å². The first-order valence-corrected chi connectivity index (χ1v) is 13.0. The average molecular weight is 438 g/mol. The van der Waals surface area contributed by atoms with E-state index in [4.69, 9.17) is 0 Å². The van der Waals surface area contributed by atoms with Crippen molar-refractivity contribution in [1.29, 1.82) is 0 Å². The van der Waals surface area contributed by atoms with E-state index in [0.29, 0.717) is 24.6 Å². The van der Waals surface area contributed by atoms with Crippen LogP contribution in [0.25, 0.3) is 11.3 Å². The molecule has 150 valence electrons. The smallest absolute Gasteiger partial charge is 0.233 e. The SMILES string of the molecule is O=C(CSc1nc(-c2ccccc2)cs1)N1CCN(C2CCS(=O)(=O)C2)CC1. The van der Waals surface area contributed by atoms with Crippen LogP contribution in [-0.4, -0.2) is 78.6 Å². The normalized spacial score (nSPS) is 22.4. The van der Waals surface area contributed by atoms with Crippen molar-refractivity contribution < 1.29 is 13.2 Å². The summed E-state index contributed by atoms with van der Waals surface area (Å²) in [5.74, 6) is 1.08. The van der Waals surface area contributed by atoms with Gasteiger partial charge in [-0.2, -0.15) is 0 Å². The highest BCUT2D eigenvalue weighted by molar-refractivity contribution is 8.01. The third-order valence-electron chi connectivity index (χ3n) is 5.26. The van der Waals surface area contributed by atoms with E-state index >= 15 is 0 Å². The second-order valence-corrected chi connectivity index (χ2v) is 11.4. The van der Waals surface area contributed by atoms with Gasteiger partial charge in [-0.25, -0.2) is 13.4 Å². The fourth-order valence-electron chi connectivity index (χ4n) is 3.68. The molecule has 0 N–H and O–H groups in total. The standard InChI is InChI=1S/C19H23N3O3S3/c23-18(13-27-19-20-17(12-26-19)15-4-2-1-3-5-15)22-9-7-21(8-10-22)16-6-11-28(24,25)14-16/h1-5,12,16H,6-11,13-14H2. The number of sulfone groups is 1. The number of thioether (sulfide) groups is 1. The summed E-state index contributed by atoms with van der Waals surface area (Å²) in [7, 11) is -2.86. The Morgan fingerprint density at radius 3 is 2.61 bits per heavy atom. The number of carbonyl (C=O) groups is 1. The Kier molecular flexibility index (Phi) is 6.05. The van der Waals surface area contributed by atoms with Crippen LogP contribution in [0.4, 0.5) is 0 Å². The molecule has 2 aliphatic rings. The summed E-state index contributed by atoms with van der Waals surface area (Å²) < 4.78 is 24.2. The molecule has 9 heteroatoms. The lowest BCUT2D eigenvalue weighted by molar-refractivity contribution is -0.130. The molecular formula is C19H23N3O3S3. The summed E-state index contributed by atoms with van der Waals surface area (Å²) in [5, 5.41) is 2.02. The van der Waals surface area contributed by atoms with Crippen LogP contribution in [0.3, 0.4) is 0 Å². The van der Waals surface area contributed by atoms with E-state index in [1.54, 1.807) is 11.3 Å². The molecule has 0 spiro atoms. The highest BCUT2D eigenvalue weighted by Crippen LogP contribution is 2.28. The van der Waals surface area contributed by atoms with E-state index < -0.39 is 9.84 Å². The third-order valence-corrected chi connectivity index (χ3v) is 9.02. The zero-order chi connectivity index (χ0) is 19.6. The molecule has 6 nitrogen and oxygen atoms in total. The molecule has 3 heterocycles. The summed E-state index contributed by atoms with van der Waals surface area (Å²) in [5.41, 5.74) is 2.03.